The van der Waals surface area contributed by atoms with E-state index in [1.165, 1.54) is 24.8 Å². The highest BCUT2D eigenvalue weighted by Gasteiger charge is 2.66. The molecule has 0 aromatic carbocycles. The van der Waals surface area contributed by atoms with Crippen molar-refractivity contribution in [2.45, 2.75) is 60.8 Å². The molecular formula is C15H28. The summed E-state index contributed by atoms with van der Waals surface area (Å²) in [6, 6.07) is 0. The molecule has 0 heteroatoms. The summed E-state index contributed by atoms with van der Waals surface area (Å²) in [5, 5.41) is 0. The minimum atomic E-state index is 0.381. The Morgan fingerprint density at radius 2 is 1.67 bits per heavy atom. The van der Waals surface area contributed by atoms with Crippen LogP contribution in [0, 0.1) is 22.7 Å². The largest absolute Gasteiger partial charge is 0.0987 e. The van der Waals surface area contributed by atoms with Gasteiger partial charge >= 0.3 is 0 Å². The molecule has 0 saturated heterocycles. The van der Waals surface area contributed by atoms with Crippen LogP contribution in [0.1, 0.15) is 60.8 Å². The second-order valence-electron chi connectivity index (χ2n) is 6.00. The molecule has 3 atom stereocenters. The quantitative estimate of drug-likeness (QED) is 0.555. The van der Waals surface area contributed by atoms with Gasteiger partial charge in [-0.05, 0) is 23.7 Å². The zero-order chi connectivity index (χ0) is 11.9. The van der Waals surface area contributed by atoms with E-state index in [0.29, 0.717) is 10.8 Å². The van der Waals surface area contributed by atoms with E-state index in [1.54, 1.807) is 0 Å². The first-order valence-corrected chi connectivity index (χ1v) is 6.56. The first-order valence-electron chi connectivity index (χ1n) is 6.56. The predicted molar refractivity (Wildman–Crippen MR) is 68.9 cm³/mol. The van der Waals surface area contributed by atoms with Gasteiger partial charge in [-0.1, -0.05) is 66.5 Å². The van der Waals surface area contributed by atoms with E-state index in [2.05, 4.69) is 48.1 Å². The van der Waals surface area contributed by atoms with Crippen LogP contribution < -0.4 is 0 Å². The molecular weight excluding hydrogens is 180 g/mol. The van der Waals surface area contributed by atoms with Gasteiger partial charge in [-0.2, -0.15) is 0 Å². The Kier molecular flexibility index (Phi) is 3.38. The highest BCUT2D eigenvalue weighted by atomic mass is 14.7. The average Bonchev–Trinajstić information content (AvgIpc) is 2.62. The predicted octanol–water partition coefficient (Wildman–Crippen LogP) is 5.05. The highest BCUT2D eigenvalue weighted by Crippen LogP contribution is 2.74. The molecule has 0 radical (unpaired) electrons. The third kappa shape index (κ3) is 1.57. The molecule has 1 aliphatic carbocycles. The summed E-state index contributed by atoms with van der Waals surface area (Å²) in [7, 11) is 0. The van der Waals surface area contributed by atoms with Crippen LogP contribution in [0.3, 0.4) is 0 Å². The first kappa shape index (κ1) is 12.8. The van der Waals surface area contributed by atoms with Crippen molar-refractivity contribution in [1.29, 1.82) is 0 Å². The van der Waals surface area contributed by atoms with Crippen molar-refractivity contribution in [2.75, 3.05) is 0 Å². The summed E-state index contributed by atoms with van der Waals surface area (Å²) in [5.41, 5.74) is 2.33. The van der Waals surface area contributed by atoms with Crippen LogP contribution in [0.2, 0.25) is 0 Å². The van der Waals surface area contributed by atoms with Crippen LogP contribution in [0.15, 0.2) is 12.2 Å². The normalized spacial score (nSPS) is 32.5. The number of rotatable bonds is 5. The van der Waals surface area contributed by atoms with Gasteiger partial charge in [0.15, 0.2) is 0 Å². The Morgan fingerprint density at radius 3 is 1.93 bits per heavy atom. The van der Waals surface area contributed by atoms with E-state index in [-0.39, 0.29) is 0 Å². The summed E-state index contributed by atoms with van der Waals surface area (Å²) in [4.78, 5) is 0. The van der Waals surface area contributed by atoms with Crippen LogP contribution >= 0.6 is 0 Å². The van der Waals surface area contributed by atoms with E-state index in [1.807, 2.05) is 0 Å². The van der Waals surface area contributed by atoms with Gasteiger partial charge in [0.25, 0.3) is 0 Å². The fourth-order valence-corrected chi connectivity index (χ4v) is 3.63. The lowest BCUT2D eigenvalue weighted by atomic mass is 9.73. The van der Waals surface area contributed by atoms with Crippen molar-refractivity contribution < 1.29 is 0 Å². The van der Waals surface area contributed by atoms with Gasteiger partial charge in [0.05, 0.1) is 0 Å². The minimum absolute atomic E-state index is 0.381. The number of hydrogen-bond donors (Lipinski definition) is 0. The minimum Gasteiger partial charge on any atom is -0.0987 e. The van der Waals surface area contributed by atoms with E-state index in [4.69, 9.17) is 0 Å². The van der Waals surface area contributed by atoms with Crippen LogP contribution in [0.25, 0.3) is 0 Å². The topological polar surface area (TPSA) is 0 Å². The van der Waals surface area contributed by atoms with Crippen molar-refractivity contribution in [3.05, 3.63) is 12.2 Å². The smallest absolute Gasteiger partial charge is 0.00313 e. The van der Waals surface area contributed by atoms with Gasteiger partial charge in [0.2, 0.25) is 0 Å². The molecule has 0 aromatic heterocycles. The van der Waals surface area contributed by atoms with Gasteiger partial charge in [0, 0.05) is 5.41 Å². The zero-order valence-electron chi connectivity index (χ0n) is 11.5. The maximum Gasteiger partial charge on any atom is 0.00313 e. The molecule has 0 heterocycles. The van der Waals surface area contributed by atoms with Gasteiger partial charge < -0.3 is 0 Å². The molecule has 0 bridgehead atoms. The Morgan fingerprint density at radius 1 is 1.20 bits per heavy atom. The fraction of sp³-hybridized carbons (Fsp3) is 0.867. The van der Waals surface area contributed by atoms with Gasteiger partial charge in [0.1, 0.15) is 0 Å². The molecule has 0 spiro atoms. The van der Waals surface area contributed by atoms with Crippen molar-refractivity contribution >= 4 is 0 Å². The fourth-order valence-electron chi connectivity index (χ4n) is 3.63. The molecule has 1 saturated carbocycles. The molecule has 0 amide bonds. The van der Waals surface area contributed by atoms with E-state index >= 15 is 0 Å². The third-order valence-corrected chi connectivity index (χ3v) is 5.26. The molecule has 0 nitrogen and oxygen atoms in total. The molecule has 0 aromatic rings. The summed E-state index contributed by atoms with van der Waals surface area (Å²) < 4.78 is 0. The molecule has 0 aliphatic heterocycles. The molecule has 0 N–H and O–H groups in total. The molecule has 1 aliphatic rings. The van der Waals surface area contributed by atoms with Crippen molar-refractivity contribution in [2.24, 2.45) is 22.7 Å². The third-order valence-electron chi connectivity index (χ3n) is 5.26. The van der Waals surface area contributed by atoms with E-state index < -0.39 is 0 Å². The van der Waals surface area contributed by atoms with Gasteiger partial charge in [-0.25, -0.2) is 0 Å². The summed E-state index contributed by atoms with van der Waals surface area (Å²) >= 11 is 0. The van der Waals surface area contributed by atoms with E-state index in [9.17, 15) is 0 Å². The number of allylic oxidation sites excluding steroid dienone is 1. The molecule has 1 rings (SSSR count). The molecule has 1 fully saturated rings. The maximum absolute atomic E-state index is 4.33. The lowest BCUT2D eigenvalue weighted by Gasteiger charge is -2.31. The second-order valence-corrected chi connectivity index (χ2v) is 6.00. The molecule has 15 heavy (non-hydrogen) atoms. The van der Waals surface area contributed by atoms with Crippen LogP contribution in [0.4, 0.5) is 0 Å². The van der Waals surface area contributed by atoms with Gasteiger partial charge in [-0.15, -0.1) is 0 Å². The molecule has 3 unspecified atom stereocenters. The Labute approximate surface area is 96.2 Å². The van der Waals surface area contributed by atoms with Crippen LogP contribution in [-0.4, -0.2) is 0 Å². The maximum atomic E-state index is 4.33. The van der Waals surface area contributed by atoms with Crippen molar-refractivity contribution in [3.8, 4) is 0 Å². The van der Waals surface area contributed by atoms with Crippen molar-refractivity contribution in [3.63, 3.8) is 0 Å². The van der Waals surface area contributed by atoms with Crippen LogP contribution in [-0.2, 0) is 0 Å². The Hall–Kier alpha value is -0.260. The van der Waals surface area contributed by atoms with E-state index in [0.717, 1.165) is 11.8 Å². The average molecular weight is 208 g/mol. The lowest BCUT2D eigenvalue weighted by Crippen LogP contribution is -2.24. The highest BCUT2D eigenvalue weighted by molar-refractivity contribution is 5.42. The Balaban J connectivity index is 2.91. The van der Waals surface area contributed by atoms with Crippen LogP contribution in [0.5, 0.6) is 0 Å². The zero-order valence-corrected chi connectivity index (χ0v) is 11.5. The first-order chi connectivity index (χ1) is 6.86. The standard InChI is InChI=1S/C15H28/c1-8-10-15(12(4)11(3)9-2)13(5)14(15,6)7/h11-12H,5,8-10H2,1-4,6-7H3. The second kappa shape index (κ2) is 3.96. The SMILES string of the molecule is C=C1C(C)(C)C1(CCC)C(C)C(C)CC. The Bertz CT molecular complexity index is 249. The summed E-state index contributed by atoms with van der Waals surface area (Å²) in [6.45, 7) is 18.5. The summed E-state index contributed by atoms with van der Waals surface area (Å²) in [6.07, 6.45) is 3.89. The summed E-state index contributed by atoms with van der Waals surface area (Å²) in [5.74, 6) is 1.60. The lowest BCUT2D eigenvalue weighted by molar-refractivity contribution is 0.179. The van der Waals surface area contributed by atoms with Crippen molar-refractivity contribution in [1.82, 2.24) is 0 Å². The van der Waals surface area contributed by atoms with Gasteiger partial charge in [-0.3, -0.25) is 0 Å². The monoisotopic (exact) mass is 208 g/mol. The molecule has 88 valence electrons. The number of hydrogen-bond acceptors (Lipinski definition) is 0.